The molecule has 130 valence electrons. The Kier molecular flexibility index (Phi) is 7.54. The van der Waals surface area contributed by atoms with E-state index in [1.807, 2.05) is 0 Å². The molecule has 1 N–H and O–H groups in total. The molecule has 0 unspecified atom stereocenters. The largest absolute Gasteiger partial charge is 0.456 e. The summed E-state index contributed by atoms with van der Waals surface area (Å²) in [5.74, 6) is -2.36. The lowest BCUT2D eigenvalue weighted by Gasteiger charge is -2.15. The van der Waals surface area contributed by atoms with Gasteiger partial charge in [-0.15, -0.1) is 0 Å². The summed E-state index contributed by atoms with van der Waals surface area (Å²) in [6.07, 6.45) is -0.296. The summed E-state index contributed by atoms with van der Waals surface area (Å²) in [6, 6.07) is 4.99. The number of likely N-dealkylation sites (N-methyl/N-ethyl adjacent to an activating group) is 2. The molecule has 2 amide bonds. The van der Waals surface area contributed by atoms with E-state index in [4.69, 9.17) is 4.74 Å². The summed E-state index contributed by atoms with van der Waals surface area (Å²) in [5.41, 5.74) is 0.297. The Balaban J connectivity index is 2.33. The molecule has 0 fully saturated rings. The zero-order valence-electron chi connectivity index (χ0n) is 13.5. The summed E-state index contributed by atoms with van der Waals surface area (Å²) < 4.78 is 17.5. The maximum Gasteiger partial charge on any atom is 0.306 e. The predicted molar refractivity (Wildman–Crippen MR) is 82.6 cm³/mol. The molecular weight excluding hydrogens is 319 g/mol. The number of hydrogen-bond acceptors (Lipinski definition) is 5. The molecule has 1 aromatic rings. The zero-order valence-corrected chi connectivity index (χ0v) is 13.5. The number of nitrogens with one attached hydrogen (secondary N) is 1. The molecule has 24 heavy (non-hydrogen) atoms. The van der Waals surface area contributed by atoms with Crippen LogP contribution in [0.3, 0.4) is 0 Å². The molecule has 1 rings (SSSR count). The average Bonchev–Trinajstić information content (AvgIpc) is 2.57. The predicted octanol–water partition coefficient (Wildman–Crippen LogP) is 0.536. The number of amides is 2. The van der Waals surface area contributed by atoms with Gasteiger partial charge in [0.1, 0.15) is 5.82 Å². The van der Waals surface area contributed by atoms with Gasteiger partial charge in [0.25, 0.3) is 5.91 Å². The molecule has 7 nitrogen and oxygen atoms in total. The standard InChI is InChI=1S/C16H19FN2O5/c1-18-14(21)9-19(2)15(22)10-24-16(23)8-7-13(20)11-3-5-12(17)6-4-11/h3-6H,7-10H2,1-2H3,(H,18,21). The topological polar surface area (TPSA) is 92.8 Å². The molecule has 8 heteroatoms. The Morgan fingerprint density at radius 1 is 1.12 bits per heavy atom. The van der Waals surface area contributed by atoms with Gasteiger partial charge in [-0.05, 0) is 24.3 Å². The minimum atomic E-state index is -0.702. The van der Waals surface area contributed by atoms with Gasteiger partial charge in [-0.3, -0.25) is 19.2 Å². The quantitative estimate of drug-likeness (QED) is 0.551. The van der Waals surface area contributed by atoms with Crippen LogP contribution < -0.4 is 5.32 Å². The number of benzene rings is 1. The van der Waals surface area contributed by atoms with Crippen molar-refractivity contribution >= 4 is 23.6 Å². The maximum atomic E-state index is 12.8. The van der Waals surface area contributed by atoms with Crippen molar-refractivity contribution in [2.24, 2.45) is 0 Å². The molecule has 1 aromatic carbocycles. The lowest BCUT2D eigenvalue weighted by atomic mass is 10.1. The number of hydrogen-bond donors (Lipinski definition) is 1. The van der Waals surface area contributed by atoms with Crippen LogP contribution in [0.1, 0.15) is 23.2 Å². The smallest absolute Gasteiger partial charge is 0.306 e. The van der Waals surface area contributed by atoms with Gasteiger partial charge in [-0.2, -0.15) is 0 Å². The van der Waals surface area contributed by atoms with Crippen molar-refractivity contribution in [1.82, 2.24) is 10.2 Å². The van der Waals surface area contributed by atoms with Gasteiger partial charge >= 0.3 is 5.97 Å². The molecule has 0 atom stereocenters. The first-order valence-corrected chi connectivity index (χ1v) is 7.22. The fourth-order valence-corrected chi connectivity index (χ4v) is 1.70. The van der Waals surface area contributed by atoms with Gasteiger partial charge in [-0.1, -0.05) is 0 Å². The minimum absolute atomic E-state index is 0.104. The highest BCUT2D eigenvalue weighted by molar-refractivity contribution is 5.97. The van der Waals surface area contributed by atoms with Crippen LogP contribution in [0, 0.1) is 5.82 Å². The molecule has 0 aromatic heterocycles. The molecule has 0 aliphatic heterocycles. The van der Waals surface area contributed by atoms with Gasteiger partial charge < -0.3 is 15.0 Å². The highest BCUT2D eigenvalue weighted by Crippen LogP contribution is 2.08. The van der Waals surface area contributed by atoms with Crippen LogP contribution in [0.15, 0.2) is 24.3 Å². The molecule has 0 saturated heterocycles. The number of halogens is 1. The van der Waals surface area contributed by atoms with E-state index in [0.717, 1.165) is 17.0 Å². The molecule has 0 heterocycles. The first kappa shape index (κ1) is 19.3. The van der Waals surface area contributed by atoms with Crippen molar-refractivity contribution in [1.29, 1.82) is 0 Å². The van der Waals surface area contributed by atoms with E-state index < -0.39 is 24.3 Å². The summed E-state index contributed by atoms with van der Waals surface area (Å²) in [5, 5.41) is 2.37. The Hall–Kier alpha value is -2.77. The Morgan fingerprint density at radius 3 is 2.33 bits per heavy atom. The molecule has 0 saturated carbocycles. The molecular formula is C16H19FN2O5. The third-order valence-corrected chi connectivity index (χ3v) is 3.16. The molecule has 0 spiro atoms. The zero-order chi connectivity index (χ0) is 18.1. The van der Waals surface area contributed by atoms with Gasteiger partial charge in [-0.25, -0.2) is 4.39 Å². The van der Waals surface area contributed by atoms with Crippen LogP contribution in [0.25, 0.3) is 0 Å². The van der Waals surface area contributed by atoms with E-state index in [2.05, 4.69) is 5.32 Å². The third kappa shape index (κ3) is 6.55. The van der Waals surface area contributed by atoms with Crippen LogP contribution in [-0.4, -0.2) is 55.7 Å². The van der Waals surface area contributed by atoms with E-state index in [1.54, 1.807) is 0 Å². The first-order chi connectivity index (χ1) is 11.3. The Labute approximate surface area is 138 Å². The summed E-state index contributed by atoms with van der Waals surface area (Å²) in [6.45, 7) is -0.646. The first-order valence-electron chi connectivity index (χ1n) is 7.22. The third-order valence-electron chi connectivity index (χ3n) is 3.16. The number of carbonyl (C=O) groups is 4. The number of ketones is 1. The van der Waals surface area contributed by atoms with Crippen molar-refractivity contribution in [3.63, 3.8) is 0 Å². The fourth-order valence-electron chi connectivity index (χ4n) is 1.70. The molecule has 0 aliphatic rings. The number of ether oxygens (including phenoxy) is 1. The lowest BCUT2D eigenvalue weighted by molar-refractivity contribution is -0.151. The van der Waals surface area contributed by atoms with Crippen molar-refractivity contribution in [2.75, 3.05) is 27.2 Å². The van der Waals surface area contributed by atoms with Crippen LogP contribution in [-0.2, 0) is 19.1 Å². The van der Waals surface area contributed by atoms with Gasteiger partial charge in [0.05, 0.1) is 13.0 Å². The molecule has 0 aliphatic carbocycles. The van der Waals surface area contributed by atoms with Crippen molar-refractivity contribution in [3.05, 3.63) is 35.6 Å². The highest BCUT2D eigenvalue weighted by Gasteiger charge is 2.15. The van der Waals surface area contributed by atoms with E-state index in [9.17, 15) is 23.6 Å². The SMILES string of the molecule is CNC(=O)CN(C)C(=O)COC(=O)CCC(=O)c1ccc(F)cc1. The van der Waals surface area contributed by atoms with Crippen LogP contribution >= 0.6 is 0 Å². The van der Waals surface area contributed by atoms with E-state index >= 15 is 0 Å². The van der Waals surface area contributed by atoms with Gasteiger partial charge in [0.2, 0.25) is 5.91 Å². The second kappa shape index (κ2) is 9.39. The van der Waals surface area contributed by atoms with E-state index in [-0.39, 0.29) is 31.1 Å². The molecule has 0 bridgehead atoms. The highest BCUT2D eigenvalue weighted by atomic mass is 19.1. The lowest BCUT2D eigenvalue weighted by Crippen LogP contribution is -2.39. The molecule has 0 radical (unpaired) electrons. The van der Waals surface area contributed by atoms with Crippen molar-refractivity contribution < 1.29 is 28.3 Å². The van der Waals surface area contributed by atoms with E-state index in [0.29, 0.717) is 5.56 Å². The maximum absolute atomic E-state index is 12.8. The number of Topliss-reactive ketones (excluding diaryl/α,β-unsaturated/α-hetero) is 1. The number of rotatable bonds is 8. The van der Waals surface area contributed by atoms with Crippen molar-refractivity contribution in [2.45, 2.75) is 12.8 Å². The van der Waals surface area contributed by atoms with Crippen LogP contribution in [0.4, 0.5) is 4.39 Å². The number of esters is 1. The second-order valence-electron chi connectivity index (χ2n) is 5.01. The summed E-state index contributed by atoms with van der Waals surface area (Å²) in [7, 11) is 2.85. The number of nitrogens with zero attached hydrogens (tertiary/aromatic N) is 1. The fraction of sp³-hybridized carbons (Fsp3) is 0.375. The van der Waals surface area contributed by atoms with Crippen LogP contribution in [0.2, 0.25) is 0 Å². The minimum Gasteiger partial charge on any atom is -0.456 e. The Morgan fingerprint density at radius 2 is 1.75 bits per heavy atom. The van der Waals surface area contributed by atoms with Gasteiger partial charge in [0, 0.05) is 26.1 Å². The van der Waals surface area contributed by atoms with E-state index in [1.165, 1.54) is 26.2 Å². The number of carbonyl (C=O) groups excluding carboxylic acids is 4. The normalized spacial score (nSPS) is 9.96. The Bertz CT molecular complexity index is 615. The summed E-state index contributed by atoms with van der Waals surface area (Å²) in [4.78, 5) is 47.3. The van der Waals surface area contributed by atoms with Gasteiger partial charge in [0.15, 0.2) is 12.4 Å². The van der Waals surface area contributed by atoms with Crippen molar-refractivity contribution in [3.8, 4) is 0 Å². The summed E-state index contributed by atoms with van der Waals surface area (Å²) >= 11 is 0. The second-order valence-corrected chi connectivity index (χ2v) is 5.01. The average molecular weight is 338 g/mol. The monoisotopic (exact) mass is 338 g/mol. The van der Waals surface area contributed by atoms with Crippen LogP contribution in [0.5, 0.6) is 0 Å².